The number of carbonyl (C=O) groups excluding carboxylic acids is 1. The number of ketones is 1. The third-order valence-corrected chi connectivity index (χ3v) is 2.56. The van der Waals surface area contributed by atoms with E-state index in [1.807, 2.05) is 0 Å². The normalized spacial score (nSPS) is 10.0. The van der Waals surface area contributed by atoms with Crippen molar-refractivity contribution in [3.8, 4) is 11.5 Å². The van der Waals surface area contributed by atoms with Crippen molar-refractivity contribution in [1.82, 2.24) is 9.97 Å². The van der Waals surface area contributed by atoms with Gasteiger partial charge in [0.15, 0.2) is 17.3 Å². The fraction of sp³-hybridized carbons (Fsp3) is 0.214. The van der Waals surface area contributed by atoms with E-state index in [1.54, 1.807) is 43.9 Å². The second kappa shape index (κ2) is 5.95. The number of rotatable bonds is 5. The van der Waals surface area contributed by atoms with Crippen LogP contribution in [0.2, 0.25) is 0 Å². The smallest absolute Gasteiger partial charge is 0.162 e. The Kier molecular flexibility index (Phi) is 4.07. The molecule has 19 heavy (non-hydrogen) atoms. The van der Waals surface area contributed by atoms with E-state index >= 15 is 0 Å². The Morgan fingerprint density at radius 1 is 1.26 bits per heavy atom. The summed E-state index contributed by atoms with van der Waals surface area (Å²) in [6.45, 7) is 1.78. The zero-order valence-corrected chi connectivity index (χ0v) is 10.8. The lowest BCUT2D eigenvalue weighted by atomic mass is 10.1. The van der Waals surface area contributed by atoms with Gasteiger partial charge in [0.2, 0.25) is 0 Å². The highest BCUT2D eigenvalue weighted by molar-refractivity contribution is 5.94. The Hall–Kier alpha value is -2.43. The van der Waals surface area contributed by atoms with E-state index in [0.717, 1.165) is 0 Å². The fourth-order valence-corrected chi connectivity index (χ4v) is 1.56. The molecule has 0 radical (unpaired) electrons. The topological polar surface area (TPSA) is 61.3 Å². The maximum atomic E-state index is 11.4. The van der Waals surface area contributed by atoms with Crippen LogP contribution in [0.1, 0.15) is 23.0 Å². The molecule has 0 fully saturated rings. The number of Topliss-reactive ketones (excluding diaryl/α,β-unsaturated/α-hetero) is 1. The summed E-state index contributed by atoms with van der Waals surface area (Å²) in [7, 11) is 1.55. The van der Waals surface area contributed by atoms with E-state index in [4.69, 9.17) is 9.47 Å². The van der Waals surface area contributed by atoms with E-state index < -0.39 is 0 Å². The van der Waals surface area contributed by atoms with Crippen LogP contribution >= 0.6 is 0 Å². The Labute approximate surface area is 111 Å². The van der Waals surface area contributed by atoms with Crippen molar-refractivity contribution in [3.05, 3.63) is 48.0 Å². The van der Waals surface area contributed by atoms with Crippen LogP contribution in [0, 0.1) is 0 Å². The Morgan fingerprint density at radius 3 is 2.74 bits per heavy atom. The van der Waals surface area contributed by atoms with Crippen LogP contribution in [0.5, 0.6) is 11.5 Å². The predicted molar refractivity (Wildman–Crippen MR) is 69.4 cm³/mol. The van der Waals surface area contributed by atoms with Crippen molar-refractivity contribution in [2.75, 3.05) is 7.11 Å². The Balaban J connectivity index is 2.18. The molecule has 0 aliphatic carbocycles. The standard InChI is InChI=1S/C14H14N2O3/c1-10(17)11-3-4-13(18-2)14(7-11)19-9-12-8-15-5-6-16-12/h3-8H,9H2,1-2H3. The van der Waals surface area contributed by atoms with Crippen LogP contribution in [-0.2, 0) is 6.61 Å². The lowest BCUT2D eigenvalue weighted by Crippen LogP contribution is -2.01. The van der Waals surface area contributed by atoms with Gasteiger partial charge >= 0.3 is 0 Å². The lowest BCUT2D eigenvalue weighted by Gasteiger charge is -2.11. The molecule has 5 heteroatoms. The summed E-state index contributed by atoms with van der Waals surface area (Å²) in [5.41, 5.74) is 1.28. The minimum absolute atomic E-state index is 0.0213. The highest BCUT2D eigenvalue weighted by atomic mass is 16.5. The van der Waals surface area contributed by atoms with Gasteiger partial charge in [0.05, 0.1) is 19.0 Å². The number of methoxy groups -OCH3 is 1. The third-order valence-electron chi connectivity index (χ3n) is 2.56. The summed E-state index contributed by atoms with van der Waals surface area (Å²) in [5, 5.41) is 0. The molecule has 0 spiro atoms. The van der Waals surface area contributed by atoms with Gasteiger partial charge in [-0.25, -0.2) is 0 Å². The molecule has 0 unspecified atom stereocenters. The van der Waals surface area contributed by atoms with Crippen LogP contribution in [0.4, 0.5) is 0 Å². The van der Waals surface area contributed by atoms with E-state index in [0.29, 0.717) is 22.8 Å². The Bertz CT molecular complexity index is 570. The van der Waals surface area contributed by atoms with E-state index in [-0.39, 0.29) is 12.4 Å². The second-order valence-corrected chi connectivity index (χ2v) is 3.91. The highest BCUT2D eigenvalue weighted by Crippen LogP contribution is 2.28. The summed E-state index contributed by atoms with van der Waals surface area (Å²) in [4.78, 5) is 19.4. The number of benzene rings is 1. The molecule has 0 saturated carbocycles. The largest absolute Gasteiger partial charge is 0.493 e. The first-order chi connectivity index (χ1) is 9.20. The molecule has 2 aromatic rings. The average Bonchev–Trinajstić information content (AvgIpc) is 2.45. The predicted octanol–water partition coefficient (Wildman–Crippen LogP) is 2.27. The van der Waals surface area contributed by atoms with Crippen molar-refractivity contribution in [1.29, 1.82) is 0 Å². The SMILES string of the molecule is COc1ccc(C(C)=O)cc1OCc1cnccn1. The monoisotopic (exact) mass is 258 g/mol. The number of ether oxygens (including phenoxy) is 2. The van der Waals surface area contributed by atoms with Gasteiger partial charge < -0.3 is 9.47 Å². The van der Waals surface area contributed by atoms with Crippen LogP contribution in [0.15, 0.2) is 36.8 Å². The number of carbonyl (C=O) groups is 1. The van der Waals surface area contributed by atoms with Crippen LogP contribution < -0.4 is 9.47 Å². The van der Waals surface area contributed by atoms with Gasteiger partial charge in [-0.15, -0.1) is 0 Å². The Morgan fingerprint density at radius 2 is 2.11 bits per heavy atom. The van der Waals surface area contributed by atoms with Gasteiger partial charge in [-0.3, -0.25) is 14.8 Å². The molecule has 1 aromatic carbocycles. The first kappa shape index (κ1) is 13.0. The molecule has 98 valence electrons. The molecule has 0 bridgehead atoms. The van der Waals surface area contributed by atoms with Crippen LogP contribution in [-0.4, -0.2) is 22.9 Å². The lowest BCUT2D eigenvalue weighted by molar-refractivity contribution is 0.101. The zero-order valence-electron chi connectivity index (χ0n) is 10.8. The molecule has 0 N–H and O–H groups in total. The minimum Gasteiger partial charge on any atom is -0.493 e. The van der Waals surface area contributed by atoms with Gasteiger partial charge in [0, 0.05) is 18.0 Å². The molecule has 0 aliphatic rings. The highest BCUT2D eigenvalue weighted by Gasteiger charge is 2.09. The molecular weight excluding hydrogens is 244 g/mol. The van der Waals surface area contributed by atoms with Crippen molar-refractivity contribution in [2.24, 2.45) is 0 Å². The molecule has 2 rings (SSSR count). The first-order valence-corrected chi connectivity index (χ1v) is 5.77. The van der Waals surface area contributed by atoms with Gasteiger partial charge in [0.25, 0.3) is 0 Å². The van der Waals surface area contributed by atoms with Crippen molar-refractivity contribution < 1.29 is 14.3 Å². The maximum absolute atomic E-state index is 11.4. The summed E-state index contributed by atoms with van der Waals surface area (Å²) in [6, 6.07) is 5.08. The van der Waals surface area contributed by atoms with E-state index in [2.05, 4.69) is 9.97 Å². The molecule has 0 aliphatic heterocycles. The van der Waals surface area contributed by atoms with Gasteiger partial charge in [-0.1, -0.05) is 0 Å². The molecule has 0 saturated heterocycles. The number of nitrogens with zero attached hydrogens (tertiary/aromatic N) is 2. The van der Waals surface area contributed by atoms with Gasteiger partial charge in [-0.05, 0) is 25.1 Å². The number of aromatic nitrogens is 2. The zero-order chi connectivity index (χ0) is 13.7. The molecule has 0 amide bonds. The molecule has 1 heterocycles. The number of hydrogen-bond acceptors (Lipinski definition) is 5. The fourth-order valence-electron chi connectivity index (χ4n) is 1.56. The van der Waals surface area contributed by atoms with Gasteiger partial charge in [-0.2, -0.15) is 0 Å². The van der Waals surface area contributed by atoms with E-state index in [1.165, 1.54) is 6.92 Å². The second-order valence-electron chi connectivity index (χ2n) is 3.91. The van der Waals surface area contributed by atoms with Crippen LogP contribution in [0.25, 0.3) is 0 Å². The minimum atomic E-state index is -0.0213. The average molecular weight is 258 g/mol. The molecule has 1 aromatic heterocycles. The quantitative estimate of drug-likeness (QED) is 0.770. The van der Waals surface area contributed by atoms with Crippen molar-refractivity contribution in [2.45, 2.75) is 13.5 Å². The summed E-state index contributed by atoms with van der Waals surface area (Å²) >= 11 is 0. The summed E-state index contributed by atoms with van der Waals surface area (Å²) in [5.74, 6) is 1.07. The molecule has 0 atom stereocenters. The maximum Gasteiger partial charge on any atom is 0.162 e. The van der Waals surface area contributed by atoms with Crippen LogP contribution in [0.3, 0.4) is 0 Å². The number of hydrogen-bond donors (Lipinski definition) is 0. The summed E-state index contributed by atoms with van der Waals surface area (Å²) < 4.78 is 10.8. The van der Waals surface area contributed by atoms with Crippen molar-refractivity contribution in [3.63, 3.8) is 0 Å². The van der Waals surface area contributed by atoms with E-state index in [9.17, 15) is 4.79 Å². The van der Waals surface area contributed by atoms with Crippen molar-refractivity contribution >= 4 is 5.78 Å². The molecule has 5 nitrogen and oxygen atoms in total. The summed E-state index contributed by atoms with van der Waals surface area (Å²) in [6.07, 6.45) is 4.82. The third kappa shape index (κ3) is 3.28. The molecular formula is C14H14N2O3. The van der Waals surface area contributed by atoms with Gasteiger partial charge in [0.1, 0.15) is 6.61 Å². The first-order valence-electron chi connectivity index (χ1n) is 5.77.